The minimum atomic E-state index is -0.155. The maximum absolute atomic E-state index is 11.9. The monoisotopic (exact) mass is 341 g/mol. The lowest BCUT2D eigenvalue weighted by Crippen LogP contribution is -2.30. The molecular weight excluding hydrogens is 318 g/mol. The Morgan fingerprint density at radius 1 is 1.12 bits per heavy atom. The van der Waals surface area contributed by atoms with Crippen molar-refractivity contribution in [2.24, 2.45) is 0 Å². The number of aromatic nitrogens is 1. The van der Waals surface area contributed by atoms with Crippen molar-refractivity contribution >= 4 is 11.8 Å². The van der Waals surface area contributed by atoms with E-state index in [1.807, 2.05) is 24.3 Å². The van der Waals surface area contributed by atoms with E-state index in [4.69, 9.17) is 4.74 Å². The fraction of sp³-hybridized carbons (Fsp3) is 0.316. The number of carbonyl (C=O) groups is 2. The predicted octanol–water partition coefficient (Wildman–Crippen LogP) is 1.96. The molecule has 0 spiro atoms. The van der Waals surface area contributed by atoms with Gasteiger partial charge in [0.15, 0.2) is 0 Å². The number of methoxy groups -OCH3 is 1. The SMILES string of the molecule is COc1cccc(CCC(=O)NCCCNC(=O)c2cccnc2)c1. The first-order valence-corrected chi connectivity index (χ1v) is 8.27. The second-order valence-electron chi connectivity index (χ2n) is 5.55. The number of pyridine rings is 1. The number of ether oxygens (including phenoxy) is 1. The van der Waals surface area contributed by atoms with Gasteiger partial charge in [0.1, 0.15) is 5.75 Å². The van der Waals surface area contributed by atoms with E-state index in [1.54, 1.807) is 25.4 Å². The third-order valence-electron chi connectivity index (χ3n) is 3.66. The molecule has 25 heavy (non-hydrogen) atoms. The van der Waals surface area contributed by atoms with Gasteiger partial charge < -0.3 is 15.4 Å². The van der Waals surface area contributed by atoms with Gasteiger partial charge in [0.2, 0.25) is 5.91 Å². The van der Waals surface area contributed by atoms with Gasteiger partial charge in [-0.15, -0.1) is 0 Å². The van der Waals surface area contributed by atoms with Crippen LogP contribution >= 0.6 is 0 Å². The summed E-state index contributed by atoms with van der Waals surface area (Å²) in [6.07, 6.45) is 4.92. The van der Waals surface area contributed by atoms with Gasteiger partial charge in [0, 0.05) is 31.9 Å². The summed E-state index contributed by atoms with van der Waals surface area (Å²) in [7, 11) is 1.62. The Kier molecular flexibility index (Phi) is 7.43. The molecule has 6 nitrogen and oxygen atoms in total. The molecule has 0 bridgehead atoms. The van der Waals surface area contributed by atoms with Crippen LogP contribution < -0.4 is 15.4 Å². The first kappa shape index (κ1) is 18.4. The van der Waals surface area contributed by atoms with Crippen molar-refractivity contribution in [2.45, 2.75) is 19.3 Å². The van der Waals surface area contributed by atoms with E-state index in [-0.39, 0.29) is 11.8 Å². The number of hydrogen-bond donors (Lipinski definition) is 2. The van der Waals surface area contributed by atoms with Crippen molar-refractivity contribution in [2.75, 3.05) is 20.2 Å². The van der Waals surface area contributed by atoms with Gasteiger partial charge in [-0.25, -0.2) is 0 Å². The zero-order chi connectivity index (χ0) is 17.9. The molecule has 0 saturated carbocycles. The second-order valence-corrected chi connectivity index (χ2v) is 5.55. The minimum Gasteiger partial charge on any atom is -0.497 e. The van der Waals surface area contributed by atoms with E-state index in [0.717, 1.165) is 11.3 Å². The van der Waals surface area contributed by atoms with Crippen molar-refractivity contribution in [1.29, 1.82) is 0 Å². The quantitative estimate of drug-likeness (QED) is 0.683. The molecule has 0 radical (unpaired) electrons. The van der Waals surface area contributed by atoms with E-state index in [0.29, 0.717) is 37.9 Å². The summed E-state index contributed by atoms with van der Waals surface area (Å²) in [5, 5.41) is 5.66. The number of aryl methyl sites for hydroxylation is 1. The zero-order valence-electron chi connectivity index (χ0n) is 14.3. The van der Waals surface area contributed by atoms with Gasteiger partial charge in [-0.05, 0) is 42.7 Å². The molecule has 6 heteroatoms. The molecule has 0 aliphatic heterocycles. The van der Waals surface area contributed by atoms with E-state index in [2.05, 4.69) is 15.6 Å². The van der Waals surface area contributed by atoms with Crippen LogP contribution in [0, 0.1) is 0 Å². The molecule has 2 amide bonds. The minimum absolute atomic E-state index is 0.00130. The van der Waals surface area contributed by atoms with Crippen molar-refractivity contribution in [3.8, 4) is 5.75 Å². The van der Waals surface area contributed by atoms with Crippen molar-refractivity contribution < 1.29 is 14.3 Å². The highest BCUT2D eigenvalue weighted by Gasteiger charge is 2.05. The number of rotatable bonds is 9. The Bertz CT molecular complexity index is 689. The summed E-state index contributed by atoms with van der Waals surface area (Å²) in [4.78, 5) is 27.6. The normalized spacial score (nSPS) is 10.1. The maximum atomic E-state index is 11.9. The average molecular weight is 341 g/mol. The summed E-state index contributed by atoms with van der Waals surface area (Å²) in [6.45, 7) is 1.04. The summed E-state index contributed by atoms with van der Waals surface area (Å²) >= 11 is 0. The summed E-state index contributed by atoms with van der Waals surface area (Å²) in [5.41, 5.74) is 1.60. The standard InChI is InChI=1S/C19H23N3O3/c1-25-17-7-2-5-15(13-17)8-9-18(23)21-11-4-12-22-19(24)16-6-3-10-20-14-16/h2-3,5-7,10,13-14H,4,8-9,11-12H2,1H3,(H,21,23)(H,22,24). The molecule has 0 aliphatic carbocycles. The number of amides is 2. The Morgan fingerprint density at radius 3 is 2.72 bits per heavy atom. The van der Waals surface area contributed by atoms with E-state index in [1.165, 1.54) is 6.20 Å². The number of nitrogens with one attached hydrogen (secondary N) is 2. The molecule has 0 aliphatic rings. The molecule has 0 saturated heterocycles. The molecule has 132 valence electrons. The zero-order valence-corrected chi connectivity index (χ0v) is 14.3. The molecule has 1 aromatic heterocycles. The Morgan fingerprint density at radius 2 is 1.96 bits per heavy atom. The number of nitrogens with zero attached hydrogens (tertiary/aromatic N) is 1. The summed E-state index contributed by atoms with van der Waals surface area (Å²) in [6, 6.07) is 11.1. The van der Waals surface area contributed by atoms with Gasteiger partial charge in [-0.3, -0.25) is 14.6 Å². The third-order valence-corrected chi connectivity index (χ3v) is 3.66. The van der Waals surface area contributed by atoms with Crippen LogP contribution in [0.5, 0.6) is 5.75 Å². The topological polar surface area (TPSA) is 80.3 Å². The van der Waals surface area contributed by atoms with Gasteiger partial charge in [-0.1, -0.05) is 12.1 Å². The van der Waals surface area contributed by atoms with Gasteiger partial charge in [-0.2, -0.15) is 0 Å². The molecule has 0 unspecified atom stereocenters. The molecule has 2 rings (SSSR count). The van der Waals surface area contributed by atoms with Crippen LogP contribution in [-0.4, -0.2) is 37.0 Å². The lowest BCUT2D eigenvalue weighted by Gasteiger charge is -2.07. The molecule has 2 aromatic rings. The van der Waals surface area contributed by atoms with Crippen LogP contribution in [0.2, 0.25) is 0 Å². The van der Waals surface area contributed by atoms with Crippen LogP contribution in [0.25, 0.3) is 0 Å². The van der Waals surface area contributed by atoms with Crippen LogP contribution in [-0.2, 0) is 11.2 Å². The Hall–Kier alpha value is -2.89. The maximum Gasteiger partial charge on any atom is 0.252 e. The van der Waals surface area contributed by atoms with Gasteiger partial charge >= 0.3 is 0 Å². The molecule has 0 atom stereocenters. The molecule has 1 heterocycles. The molecule has 0 fully saturated rings. The number of hydrogen-bond acceptors (Lipinski definition) is 4. The highest BCUT2D eigenvalue weighted by molar-refractivity contribution is 5.93. The van der Waals surface area contributed by atoms with Crippen LogP contribution in [0.3, 0.4) is 0 Å². The predicted molar refractivity (Wildman–Crippen MR) is 95.5 cm³/mol. The summed E-state index contributed by atoms with van der Waals surface area (Å²) in [5.74, 6) is 0.640. The van der Waals surface area contributed by atoms with Gasteiger partial charge in [0.05, 0.1) is 12.7 Å². The third kappa shape index (κ3) is 6.63. The largest absolute Gasteiger partial charge is 0.497 e. The van der Waals surface area contributed by atoms with Crippen molar-refractivity contribution in [3.05, 3.63) is 59.9 Å². The molecule has 2 N–H and O–H groups in total. The Labute approximate surface area is 147 Å². The average Bonchev–Trinajstić information content (AvgIpc) is 2.66. The summed E-state index contributed by atoms with van der Waals surface area (Å²) < 4.78 is 5.17. The Balaban J connectivity index is 1.58. The lowest BCUT2D eigenvalue weighted by molar-refractivity contribution is -0.121. The van der Waals surface area contributed by atoms with Crippen LogP contribution in [0.4, 0.5) is 0 Å². The fourth-order valence-electron chi connectivity index (χ4n) is 2.29. The molecular formula is C19H23N3O3. The molecule has 1 aromatic carbocycles. The number of benzene rings is 1. The first-order valence-electron chi connectivity index (χ1n) is 8.27. The van der Waals surface area contributed by atoms with Crippen LogP contribution in [0.1, 0.15) is 28.8 Å². The van der Waals surface area contributed by atoms with Crippen molar-refractivity contribution in [3.63, 3.8) is 0 Å². The van der Waals surface area contributed by atoms with Gasteiger partial charge in [0.25, 0.3) is 5.91 Å². The highest BCUT2D eigenvalue weighted by Crippen LogP contribution is 2.13. The van der Waals surface area contributed by atoms with Crippen LogP contribution in [0.15, 0.2) is 48.8 Å². The second kappa shape index (κ2) is 10.1. The van der Waals surface area contributed by atoms with E-state index in [9.17, 15) is 9.59 Å². The number of carbonyl (C=O) groups excluding carboxylic acids is 2. The van der Waals surface area contributed by atoms with E-state index >= 15 is 0 Å². The van der Waals surface area contributed by atoms with Crippen molar-refractivity contribution in [1.82, 2.24) is 15.6 Å². The fourth-order valence-corrected chi connectivity index (χ4v) is 2.29. The smallest absolute Gasteiger partial charge is 0.252 e. The highest BCUT2D eigenvalue weighted by atomic mass is 16.5. The lowest BCUT2D eigenvalue weighted by atomic mass is 10.1. The first-order chi connectivity index (χ1) is 12.2. The van der Waals surface area contributed by atoms with E-state index < -0.39 is 0 Å².